The molecule has 1 aliphatic heterocycles. The summed E-state index contributed by atoms with van der Waals surface area (Å²) in [6.45, 7) is 3.50. The van der Waals surface area contributed by atoms with Crippen LogP contribution in [0.5, 0.6) is 0 Å². The monoisotopic (exact) mass is 288 g/mol. The molecule has 0 bridgehead atoms. The molecular formula is C11H20N4O3S. The summed E-state index contributed by atoms with van der Waals surface area (Å²) >= 11 is 0. The van der Waals surface area contributed by atoms with Crippen molar-refractivity contribution in [3.63, 3.8) is 0 Å². The van der Waals surface area contributed by atoms with Crippen molar-refractivity contribution in [1.29, 1.82) is 0 Å². The molecule has 108 valence electrons. The van der Waals surface area contributed by atoms with Gasteiger partial charge in [0.25, 0.3) is 10.0 Å². The van der Waals surface area contributed by atoms with E-state index in [4.69, 9.17) is 4.74 Å². The first-order valence-corrected chi connectivity index (χ1v) is 7.74. The van der Waals surface area contributed by atoms with Gasteiger partial charge < -0.3 is 10.1 Å². The Labute approximate surface area is 113 Å². The number of ether oxygens (including phenoxy) is 1. The molecule has 7 nitrogen and oxygen atoms in total. The maximum atomic E-state index is 12.4. The molecule has 0 saturated carbocycles. The van der Waals surface area contributed by atoms with Crippen molar-refractivity contribution in [2.45, 2.75) is 36.9 Å². The fraction of sp³-hybridized carbons (Fsp3) is 0.727. The van der Waals surface area contributed by atoms with Crippen molar-refractivity contribution in [3.8, 4) is 0 Å². The van der Waals surface area contributed by atoms with Gasteiger partial charge in [-0.15, -0.1) is 0 Å². The predicted molar refractivity (Wildman–Crippen MR) is 70.1 cm³/mol. The Bertz CT molecular complexity index is 520. The molecule has 0 radical (unpaired) electrons. The van der Waals surface area contributed by atoms with Crippen molar-refractivity contribution in [3.05, 3.63) is 11.8 Å². The van der Waals surface area contributed by atoms with Gasteiger partial charge in [0.05, 0.1) is 6.20 Å². The summed E-state index contributed by atoms with van der Waals surface area (Å²) in [6.07, 6.45) is 2.86. The van der Waals surface area contributed by atoms with Crippen LogP contribution in [0.2, 0.25) is 0 Å². The molecule has 1 aliphatic rings. The first-order chi connectivity index (χ1) is 8.97. The summed E-state index contributed by atoms with van der Waals surface area (Å²) in [5.74, 6) is 0. The minimum absolute atomic E-state index is 0.134. The van der Waals surface area contributed by atoms with Crippen LogP contribution in [-0.4, -0.2) is 44.4 Å². The third-order valence-electron chi connectivity index (χ3n) is 3.29. The molecule has 1 fully saturated rings. The lowest BCUT2D eigenvalue weighted by Crippen LogP contribution is -2.49. The van der Waals surface area contributed by atoms with Gasteiger partial charge in [-0.2, -0.15) is 5.10 Å². The first-order valence-electron chi connectivity index (χ1n) is 6.25. The molecule has 0 aliphatic carbocycles. The van der Waals surface area contributed by atoms with Crippen molar-refractivity contribution >= 4 is 10.0 Å². The highest BCUT2D eigenvalue weighted by atomic mass is 32.2. The molecule has 0 amide bonds. The Kier molecular flexibility index (Phi) is 4.24. The molecule has 19 heavy (non-hydrogen) atoms. The second-order valence-electron chi connectivity index (χ2n) is 5.03. The van der Waals surface area contributed by atoms with E-state index in [1.165, 1.54) is 6.20 Å². The number of sulfonamides is 1. The highest BCUT2D eigenvalue weighted by molar-refractivity contribution is 7.89. The second kappa shape index (κ2) is 5.58. The van der Waals surface area contributed by atoms with E-state index in [9.17, 15) is 8.42 Å². The van der Waals surface area contributed by atoms with Crippen LogP contribution in [0.25, 0.3) is 0 Å². The minimum Gasteiger partial charge on any atom is -0.381 e. The molecule has 2 rings (SSSR count). The van der Waals surface area contributed by atoms with E-state index in [-0.39, 0.29) is 5.03 Å². The molecule has 0 aromatic carbocycles. The smallest absolute Gasteiger partial charge is 0.258 e. The maximum absolute atomic E-state index is 12.4. The first kappa shape index (κ1) is 14.4. The van der Waals surface area contributed by atoms with Crippen molar-refractivity contribution < 1.29 is 13.2 Å². The van der Waals surface area contributed by atoms with Crippen LogP contribution in [0.15, 0.2) is 11.2 Å². The van der Waals surface area contributed by atoms with E-state index < -0.39 is 15.6 Å². The highest BCUT2D eigenvalue weighted by Crippen LogP contribution is 2.23. The molecule has 1 saturated heterocycles. The second-order valence-corrected chi connectivity index (χ2v) is 6.65. The largest absolute Gasteiger partial charge is 0.381 e. The average molecular weight is 288 g/mol. The fourth-order valence-corrected chi connectivity index (χ4v) is 3.75. The number of H-pyrrole nitrogens is 1. The molecule has 0 spiro atoms. The standard InChI is InChI=1S/C11H20N4O3S/c1-11(3-5-18-6-4-11)15-19(16,17)10-9(7-12-2)8-13-14-10/h8,12,15H,3-7H2,1-2H3,(H,13,14). The molecular weight excluding hydrogens is 268 g/mol. The quantitative estimate of drug-likeness (QED) is 0.707. The van der Waals surface area contributed by atoms with Crippen LogP contribution >= 0.6 is 0 Å². The lowest BCUT2D eigenvalue weighted by Gasteiger charge is -2.33. The summed E-state index contributed by atoms with van der Waals surface area (Å²) in [5.41, 5.74) is 0.171. The van der Waals surface area contributed by atoms with Crippen LogP contribution in [0.1, 0.15) is 25.3 Å². The van der Waals surface area contributed by atoms with Crippen LogP contribution < -0.4 is 10.0 Å². The van der Waals surface area contributed by atoms with Crippen LogP contribution in [0.3, 0.4) is 0 Å². The molecule has 8 heteroatoms. The maximum Gasteiger partial charge on any atom is 0.258 e. The van der Waals surface area contributed by atoms with E-state index >= 15 is 0 Å². The predicted octanol–water partition coefficient (Wildman–Crippen LogP) is -0.0235. The van der Waals surface area contributed by atoms with E-state index in [0.29, 0.717) is 38.2 Å². The van der Waals surface area contributed by atoms with Gasteiger partial charge in [-0.25, -0.2) is 13.1 Å². The number of aromatic amines is 1. The van der Waals surface area contributed by atoms with E-state index in [1.807, 2.05) is 6.92 Å². The fourth-order valence-electron chi connectivity index (χ4n) is 2.15. The zero-order valence-electron chi connectivity index (χ0n) is 11.2. The van der Waals surface area contributed by atoms with Crippen molar-refractivity contribution in [2.24, 2.45) is 0 Å². The average Bonchev–Trinajstić information content (AvgIpc) is 2.78. The molecule has 0 atom stereocenters. The third-order valence-corrected chi connectivity index (χ3v) is 4.94. The lowest BCUT2D eigenvalue weighted by atomic mass is 9.94. The zero-order chi connectivity index (χ0) is 13.9. The molecule has 1 aromatic heterocycles. The molecule has 3 N–H and O–H groups in total. The molecule has 2 heterocycles. The van der Waals surface area contributed by atoms with E-state index in [1.54, 1.807) is 7.05 Å². The summed E-state index contributed by atoms with van der Waals surface area (Å²) < 4.78 is 32.9. The SMILES string of the molecule is CNCc1cn[nH]c1S(=O)(=O)NC1(C)CCOCC1. The Balaban J connectivity index is 2.19. The summed E-state index contributed by atoms with van der Waals surface area (Å²) in [5, 5.41) is 9.44. The van der Waals surface area contributed by atoms with Gasteiger partial charge in [-0.1, -0.05) is 0 Å². The van der Waals surface area contributed by atoms with Gasteiger partial charge in [0, 0.05) is 30.9 Å². The van der Waals surface area contributed by atoms with Crippen LogP contribution in [-0.2, 0) is 21.3 Å². The van der Waals surface area contributed by atoms with E-state index in [0.717, 1.165) is 0 Å². The Morgan fingerprint density at radius 1 is 1.47 bits per heavy atom. The third kappa shape index (κ3) is 3.33. The lowest BCUT2D eigenvalue weighted by molar-refractivity contribution is 0.0537. The molecule has 1 aromatic rings. The number of rotatable bonds is 5. The Morgan fingerprint density at radius 3 is 2.79 bits per heavy atom. The molecule has 0 unspecified atom stereocenters. The summed E-state index contributed by atoms with van der Waals surface area (Å²) in [4.78, 5) is 0. The Morgan fingerprint density at radius 2 is 2.16 bits per heavy atom. The summed E-state index contributed by atoms with van der Waals surface area (Å²) in [7, 11) is -1.83. The minimum atomic E-state index is -3.59. The van der Waals surface area contributed by atoms with E-state index in [2.05, 4.69) is 20.2 Å². The van der Waals surface area contributed by atoms with Gasteiger partial charge >= 0.3 is 0 Å². The Hall–Kier alpha value is -0.960. The van der Waals surface area contributed by atoms with Crippen molar-refractivity contribution in [2.75, 3.05) is 20.3 Å². The normalized spacial score (nSPS) is 19.5. The van der Waals surface area contributed by atoms with Crippen LogP contribution in [0.4, 0.5) is 0 Å². The van der Waals surface area contributed by atoms with Gasteiger partial charge in [0.2, 0.25) is 0 Å². The van der Waals surface area contributed by atoms with Crippen LogP contribution in [0, 0.1) is 0 Å². The van der Waals surface area contributed by atoms with Gasteiger partial charge in [-0.05, 0) is 26.8 Å². The number of hydrogen-bond acceptors (Lipinski definition) is 5. The van der Waals surface area contributed by atoms with Gasteiger partial charge in [0.15, 0.2) is 5.03 Å². The van der Waals surface area contributed by atoms with Gasteiger partial charge in [0.1, 0.15) is 0 Å². The highest BCUT2D eigenvalue weighted by Gasteiger charge is 2.34. The number of hydrogen-bond donors (Lipinski definition) is 3. The van der Waals surface area contributed by atoms with Gasteiger partial charge in [-0.3, -0.25) is 5.10 Å². The zero-order valence-corrected chi connectivity index (χ0v) is 12.0. The number of aromatic nitrogens is 2. The topological polar surface area (TPSA) is 96.1 Å². The number of nitrogens with one attached hydrogen (secondary N) is 3. The van der Waals surface area contributed by atoms with Crippen molar-refractivity contribution in [1.82, 2.24) is 20.2 Å². The summed E-state index contributed by atoms with van der Waals surface area (Å²) in [6, 6.07) is 0. The number of nitrogens with zero attached hydrogens (tertiary/aromatic N) is 1.